The molecule has 2 saturated heterocycles. The van der Waals surface area contributed by atoms with Crippen LogP contribution < -0.4 is 4.90 Å². The van der Waals surface area contributed by atoms with E-state index in [9.17, 15) is 9.59 Å². The van der Waals surface area contributed by atoms with Crippen molar-refractivity contribution >= 4 is 29.1 Å². The number of hydrogen-bond acceptors (Lipinski definition) is 3. The van der Waals surface area contributed by atoms with Gasteiger partial charge in [-0.25, -0.2) is 0 Å². The van der Waals surface area contributed by atoms with Crippen LogP contribution in [0.1, 0.15) is 26.2 Å². The van der Waals surface area contributed by atoms with E-state index in [1.807, 2.05) is 34.1 Å². The van der Waals surface area contributed by atoms with E-state index in [0.717, 1.165) is 44.6 Å². The van der Waals surface area contributed by atoms with Gasteiger partial charge in [0, 0.05) is 39.6 Å². The second-order valence-corrected chi connectivity index (χ2v) is 6.90. The fourth-order valence-corrected chi connectivity index (χ4v) is 3.91. The van der Waals surface area contributed by atoms with E-state index in [0.29, 0.717) is 18.1 Å². The monoisotopic (exact) mass is 349 g/mol. The Kier molecular flexibility index (Phi) is 5.41. The quantitative estimate of drug-likeness (QED) is 0.823. The average molecular weight is 350 g/mol. The minimum Gasteiger partial charge on any atom is -0.342 e. The van der Waals surface area contributed by atoms with Crippen molar-refractivity contribution < 1.29 is 9.59 Å². The third-order valence-corrected chi connectivity index (χ3v) is 5.29. The lowest BCUT2D eigenvalue weighted by molar-refractivity contribution is -0.128. The first-order chi connectivity index (χ1) is 11.6. The second kappa shape index (κ2) is 7.53. The number of carbonyl (C=O) groups is 2. The van der Waals surface area contributed by atoms with Gasteiger partial charge in [0.05, 0.1) is 16.8 Å². The van der Waals surface area contributed by atoms with Gasteiger partial charge in [0.15, 0.2) is 0 Å². The number of hydrogen-bond donors (Lipinski definition) is 0. The Balaban J connectivity index is 1.73. The molecule has 2 heterocycles. The van der Waals surface area contributed by atoms with Gasteiger partial charge in [0.2, 0.25) is 11.8 Å². The van der Waals surface area contributed by atoms with E-state index < -0.39 is 0 Å². The molecule has 0 aromatic heterocycles. The van der Waals surface area contributed by atoms with E-state index in [-0.39, 0.29) is 17.9 Å². The highest BCUT2D eigenvalue weighted by Crippen LogP contribution is 2.30. The molecular weight excluding hydrogens is 326 g/mol. The number of benzene rings is 1. The van der Waals surface area contributed by atoms with Crippen molar-refractivity contribution in [3.63, 3.8) is 0 Å². The van der Waals surface area contributed by atoms with E-state index in [1.54, 1.807) is 6.92 Å². The molecule has 0 N–H and O–H groups in total. The molecule has 2 aliphatic heterocycles. The van der Waals surface area contributed by atoms with Crippen LogP contribution in [-0.2, 0) is 9.59 Å². The molecule has 2 fully saturated rings. The molecule has 130 valence electrons. The predicted molar refractivity (Wildman–Crippen MR) is 95.3 cm³/mol. The standard InChI is InChI=1S/C18H24ClN3O2/c1-14(23)20-9-5-10-21(13-12-20)17-8-4-11-22(18(17)24)16-7-3-2-6-15(16)19/h2-3,6-7,17H,4-5,8-13H2,1H3. The average Bonchev–Trinajstić information content (AvgIpc) is 2.82. The molecular formula is C18H24ClN3O2. The van der Waals surface area contributed by atoms with Gasteiger partial charge in [-0.2, -0.15) is 0 Å². The van der Waals surface area contributed by atoms with Crippen molar-refractivity contribution in [1.29, 1.82) is 0 Å². The number of nitrogens with zero attached hydrogens (tertiary/aromatic N) is 3. The van der Waals surface area contributed by atoms with Crippen LogP contribution in [-0.4, -0.2) is 60.4 Å². The molecule has 2 amide bonds. The molecule has 0 saturated carbocycles. The smallest absolute Gasteiger partial charge is 0.244 e. The van der Waals surface area contributed by atoms with Gasteiger partial charge in [0.1, 0.15) is 0 Å². The van der Waals surface area contributed by atoms with E-state index >= 15 is 0 Å². The van der Waals surface area contributed by atoms with Crippen LogP contribution in [0, 0.1) is 0 Å². The summed E-state index contributed by atoms with van der Waals surface area (Å²) in [5, 5.41) is 0.616. The normalized spacial score (nSPS) is 23.2. The van der Waals surface area contributed by atoms with Crippen molar-refractivity contribution in [2.24, 2.45) is 0 Å². The van der Waals surface area contributed by atoms with Crippen molar-refractivity contribution in [2.45, 2.75) is 32.2 Å². The Hall–Kier alpha value is -1.59. The molecule has 0 aliphatic carbocycles. The lowest BCUT2D eigenvalue weighted by Crippen LogP contribution is -2.53. The molecule has 1 aromatic rings. The van der Waals surface area contributed by atoms with Crippen molar-refractivity contribution in [3.8, 4) is 0 Å². The number of halogens is 1. The summed E-state index contributed by atoms with van der Waals surface area (Å²) >= 11 is 6.28. The van der Waals surface area contributed by atoms with Crippen molar-refractivity contribution in [3.05, 3.63) is 29.3 Å². The Bertz CT molecular complexity index is 622. The van der Waals surface area contributed by atoms with Crippen LogP contribution in [0.2, 0.25) is 5.02 Å². The highest BCUT2D eigenvalue weighted by atomic mass is 35.5. The first-order valence-corrected chi connectivity index (χ1v) is 9.01. The summed E-state index contributed by atoms with van der Waals surface area (Å²) in [5.41, 5.74) is 0.800. The van der Waals surface area contributed by atoms with Gasteiger partial charge in [-0.1, -0.05) is 23.7 Å². The van der Waals surface area contributed by atoms with Gasteiger partial charge in [-0.3, -0.25) is 14.5 Å². The van der Waals surface area contributed by atoms with Crippen molar-refractivity contribution in [1.82, 2.24) is 9.80 Å². The van der Waals surface area contributed by atoms with Gasteiger partial charge in [-0.05, 0) is 31.4 Å². The highest BCUT2D eigenvalue weighted by Gasteiger charge is 2.35. The molecule has 2 aliphatic rings. The van der Waals surface area contributed by atoms with Crippen LogP contribution in [0.4, 0.5) is 5.69 Å². The predicted octanol–water partition coefficient (Wildman–Crippen LogP) is 2.39. The summed E-state index contributed by atoms with van der Waals surface area (Å²) in [4.78, 5) is 30.6. The van der Waals surface area contributed by atoms with Crippen LogP contribution in [0.15, 0.2) is 24.3 Å². The maximum Gasteiger partial charge on any atom is 0.244 e. The number of amides is 2. The van der Waals surface area contributed by atoms with Gasteiger partial charge < -0.3 is 9.80 Å². The van der Waals surface area contributed by atoms with Gasteiger partial charge in [-0.15, -0.1) is 0 Å². The van der Waals surface area contributed by atoms with E-state index in [2.05, 4.69) is 4.90 Å². The molecule has 1 unspecified atom stereocenters. The summed E-state index contributed by atoms with van der Waals surface area (Å²) in [6.45, 7) is 5.42. The van der Waals surface area contributed by atoms with Crippen LogP contribution in [0.5, 0.6) is 0 Å². The first-order valence-electron chi connectivity index (χ1n) is 8.63. The van der Waals surface area contributed by atoms with Gasteiger partial charge in [0.25, 0.3) is 0 Å². The molecule has 3 rings (SSSR count). The summed E-state index contributed by atoms with van der Waals surface area (Å²) in [6.07, 6.45) is 2.75. The maximum atomic E-state index is 13.1. The molecule has 6 heteroatoms. The number of rotatable bonds is 2. The Morgan fingerprint density at radius 2 is 1.88 bits per heavy atom. The molecule has 1 aromatic carbocycles. The lowest BCUT2D eigenvalue weighted by atomic mass is 10.0. The molecule has 0 bridgehead atoms. The maximum absolute atomic E-state index is 13.1. The molecule has 24 heavy (non-hydrogen) atoms. The fourth-order valence-electron chi connectivity index (χ4n) is 3.67. The van der Waals surface area contributed by atoms with Crippen LogP contribution >= 0.6 is 11.6 Å². The third kappa shape index (κ3) is 3.57. The largest absolute Gasteiger partial charge is 0.342 e. The lowest BCUT2D eigenvalue weighted by Gasteiger charge is -2.38. The molecule has 5 nitrogen and oxygen atoms in total. The minimum absolute atomic E-state index is 0.109. The number of carbonyl (C=O) groups excluding carboxylic acids is 2. The minimum atomic E-state index is -0.109. The van der Waals surface area contributed by atoms with Crippen LogP contribution in [0.3, 0.4) is 0 Å². The zero-order chi connectivity index (χ0) is 17.1. The van der Waals surface area contributed by atoms with Gasteiger partial charge >= 0.3 is 0 Å². The fraction of sp³-hybridized carbons (Fsp3) is 0.556. The first kappa shape index (κ1) is 17.2. The molecule has 0 spiro atoms. The van der Waals surface area contributed by atoms with Crippen LogP contribution in [0.25, 0.3) is 0 Å². The van der Waals surface area contributed by atoms with Crippen molar-refractivity contribution in [2.75, 3.05) is 37.6 Å². The zero-order valence-electron chi connectivity index (χ0n) is 14.1. The summed E-state index contributed by atoms with van der Waals surface area (Å²) in [7, 11) is 0. The Morgan fingerprint density at radius 3 is 2.62 bits per heavy atom. The third-order valence-electron chi connectivity index (χ3n) is 4.97. The molecule has 0 radical (unpaired) electrons. The topological polar surface area (TPSA) is 43.9 Å². The van der Waals surface area contributed by atoms with E-state index in [4.69, 9.17) is 11.6 Å². The number of para-hydroxylation sites is 1. The Labute approximate surface area is 148 Å². The SMILES string of the molecule is CC(=O)N1CCCN(C2CCCN(c3ccccc3Cl)C2=O)CC1. The summed E-state index contributed by atoms with van der Waals surface area (Å²) < 4.78 is 0. The summed E-state index contributed by atoms with van der Waals surface area (Å²) in [5.74, 6) is 0.245. The second-order valence-electron chi connectivity index (χ2n) is 6.49. The Morgan fingerprint density at radius 1 is 1.08 bits per heavy atom. The van der Waals surface area contributed by atoms with E-state index in [1.165, 1.54) is 0 Å². The molecule has 1 atom stereocenters. The highest BCUT2D eigenvalue weighted by molar-refractivity contribution is 6.33. The number of anilines is 1. The zero-order valence-corrected chi connectivity index (χ0v) is 14.8. The summed E-state index contributed by atoms with van der Waals surface area (Å²) in [6, 6.07) is 7.41. The number of piperidine rings is 1.